The number of alkyl halides is 1. The molecule has 1 heterocycles. The van der Waals surface area contributed by atoms with E-state index in [0.29, 0.717) is 15.6 Å². The second-order valence-electron chi connectivity index (χ2n) is 4.18. The first-order valence-electron chi connectivity index (χ1n) is 5.52. The molecule has 0 saturated heterocycles. The fraction of sp³-hybridized carbons (Fsp3) is 0.500. The molecule has 0 bridgehead atoms. The smallest absolute Gasteiger partial charge is 0.178 e. The Morgan fingerprint density at radius 3 is 2.81 bits per heavy atom. The number of hydrogen-bond acceptors (Lipinski definition) is 2. The van der Waals surface area contributed by atoms with Crippen LogP contribution < -0.4 is 0 Å². The average molecular weight is 303 g/mol. The Kier molecular flexibility index (Phi) is 3.40. The van der Waals surface area contributed by atoms with Crippen LogP contribution >= 0.6 is 15.9 Å². The molecule has 2 atom stereocenters. The Hall–Kier alpha value is -0.350. The zero-order chi connectivity index (χ0) is 11.8. The van der Waals surface area contributed by atoms with Crippen LogP contribution in [0.5, 0.6) is 0 Å². The van der Waals surface area contributed by atoms with Gasteiger partial charge in [0.05, 0.1) is 10.6 Å². The first-order valence-corrected chi connectivity index (χ1v) is 8.09. The molecule has 0 amide bonds. The normalized spacial score (nSPS) is 24.8. The van der Waals surface area contributed by atoms with Gasteiger partial charge >= 0.3 is 0 Å². The van der Waals surface area contributed by atoms with Crippen LogP contribution in [0.4, 0.5) is 0 Å². The fourth-order valence-corrected chi connectivity index (χ4v) is 4.48. The molecular weight excluding hydrogens is 288 g/mol. The van der Waals surface area contributed by atoms with Crippen LogP contribution in [-0.4, -0.2) is 19.0 Å². The lowest BCUT2D eigenvalue weighted by molar-refractivity contribution is 0.552. The summed E-state index contributed by atoms with van der Waals surface area (Å²) in [6.45, 7) is 2.12. The van der Waals surface area contributed by atoms with Gasteiger partial charge in [0.1, 0.15) is 0 Å². The summed E-state index contributed by atoms with van der Waals surface area (Å²) in [6.07, 6.45) is 1.74. The number of rotatable bonds is 2. The second kappa shape index (κ2) is 4.49. The number of halogens is 1. The number of benzene rings is 1. The lowest BCUT2D eigenvalue weighted by Crippen LogP contribution is -2.24. The van der Waals surface area contributed by atoms with Crippen molar-refractivity contribution in [2.45, 2.75) is 35.4 Å². The minimum Gasteiger partial charge on any atom is -0.224 e. The largest absolute Gasteiger partial charge is 0.224 e. The standard InChI is InChI=1S/C12H15BrO2S/c1-2-11(13)9-7-8-16(14,15)12-6-4-3-5-10(9)12/h3-6,9,11H,2,7-8H2,1H3. The molecular formula is C12H15BrO2S. The van der Waals surface area contributed by atoms with Crippen LogP contribution in [0.3, 0.4) is 0 Å². The Bertz CT molecular complexity index is 482. The summed E-state index contributed by atoms with van der Waals surface area (Å²) in [7, 11) is -3.04. The van der Waals surface area contributed by atoms with Gasteiger partial charge < -0.3 is 0 Å². The van der Waals surface area contributed by atoms with Gasteiger partial charge in [-0.05, 0) is 30.4 Å². The maximum Gasteiger partial charge on any atom is 0.178 e. The van der Waals surface area contributed by atoms with Crippen LogP contribution in [0.2, 0.25) is 0 Å². The maximum absolute atomic E-state index is 11.9. The Labute approximate surface area is 105 Å². The van der Waals surface area contributed by atoms with Crippen molar-refractivity contribution in [1.82, 2.24) is 0 Å². The van der Waals surface area contributed by atoms with Crippen molar-refractivity contribution in [3.8, 4) is 0 Å². The summed E-state index contributed by atoms with van der Waals surface area (Å²) in [4.78, 5) is 0.897. The number of fused-ring (bicyclic) bond motifs is 1. The Morgan fingerprint density at radius 2 is 2.12 bits per heavy atom. The molecule has 0 saturated carbocycles. The highest BCUT2D eigenvalue weighted by atomic mass is 79.9. The highest BCUT2D eigenvalue weighted by Crippen LogP contribution is 2.39. The third kappa shape index (κ3) is 2.05. The van der Waals surface area contributed by atoms with Crippen LogP contribution in [0.1, 0.15) is 31.2 Å². The predicted molar refractivity (Wildman–Crippen MR) is 68.9 cm³/mol. The van der Waals surface area contributed by atoms with Gasteiger partial charge in [-0.15, -0.1) is 0 Å². The molecule has 2 unspecified atom stereocenters. The predicted octanol–water partition coefficient (Wildman–Crippen LogP) is 3.12. The van der Waals surface area contributed by atoms with E-state index in [1.54, 1.807) is 12.1 Å². The molecule has 0 fully saturated rings. The van der Waals surface area contributed by atoms with Gasteiger partial charge in [0.2, 0.25) is 0 Å². The van der Waals surface area contributed by atoms with E-state index in [1.165, 1.54) is 0 Å². The van der Waals surface area contributed by atoms with E-state index in [0.717, 1.165) is 18.4 Å². The molecule has 1 aliphatic rings. The van der Waals surface area contributed by atoms with Gasteiger partial charge in [-0.1, -0.05) is 41.1 Å². The van der Waals surface area contributed by atoms with Crippen molar-refractivity contribution in [2.75, 3.05) is 5.75 Å². The molecule has 0 aliphatic carbocycles. The van der Waals surface area contributed by atoms with Crippen molar-refractivity contribution < 1.29 is 8.42 Å². The van der Waals surface area contributed by atoms with E-state index < -0.39 is 9.84 Å². The number of hydrogen-bond donors (Lipinski definition) is 0. The monoisotopic (exact) mass is 302 g/mol. The Balaban J connectivity index is 2.51. The second-order valence-corrected chi connectivity index (χ2v) is 7.43. The van der Waals surface area contributed by atoms with Crippen LogP contribution in [0.25, 0.3) is 0 Å². The summed E-state index contributed by atoms with van der Waals surface area (Å²) < 4.78 is 23.8. The van der Waals surface area contributed by atoms with E-state index >= 15 is 0 Å². The lowest BCUT2D eigenvalue weighted by atomic mass is 9.91. The highest BCUT2D eigenvalue weighted by Gasteiger charge is 2.32. The molecule has 1 aromatic carbocycles. The molecule has 2 nitrogen and oxygen atoms in total. The van der Waals surface area contributed by atoms with Crippen molar-refractivity contribution in [3.05, 3.63) is 29.8 Å². The number of sulfone groups is 1. The summed E-state index contributed by atoms with van der Waals surface area (Å²) >= 11 is 3.65. The van der Waals surface area contributed by atoms with Gasteiger partial charge in [0, 0.05) is 4.83 Å². The zero-order valence-corrected chi connectivity index (χ0v) is 11.6. The molecule has 4 heteroatoms. The van der Waals surface area contributed by atoms with Gasteiger partial charge in [0.25, 0.3) is 0 Å². The third-order valence-electron chi connectivity index (χ3n) is 3.18. The summed E-state index contributed by atoms with van der Waals surface area (Å²) in [5.41, 5.74) is 0.984. The van der Waals surface area contributed by atoms with E-state index in [4.69, 9.17) is 0 Å². The van der Waals surface area contributed by atoms with Crippen LogP contribution in [0, 0.1) is 0 Å². The molecule has 0 radical (unpaired) electrons. The van der Waals surface area contributed by atoms with Gasteiger partial charge in [-0.25, -0.2) is 8.42 Å². The van der Waals surface area contributed by atoms with Crippen LogP contribution in [0.15, 0.2) is 29.2 Å². The van der Waals surface area contributed by atoms with Crippen molar-refractivity contribution in [2.24, 2.45) is 0 Å². The summed E-state index contributed by atoms with van der Waals surface area (Å²) in [5.74, 6) is 0.598. The maximum atomic E-state index is 11.9. The van der Waals surface area contributed by atoms with E-state index in [2.05, 4.69) is 22.9 Å². The molecule has 1 aliphatic heterocycles. The third-order valence-corrected chi connectivity index (χ3v) is 6.28. The van der Waals surface area contributed by atoms with Gasteiger partial charge in [-0.2, -0.15) is 0 Å². The molecule has 0 spiro atoms. The lowest BCUT2D eigenvalue weighted by Gasteiger charge is -2.28. The molecule has 0 N–H and O–H groups in total. The average Bonchev–Trinajstić information content (AvgIpc) is 2.28. The topological polar surface area (TPSA) is 34.1 Å². The first-order chi connectivity index (χ1) is 7.56. The van der Waals surface area contributed by atoms with E-state index in [9.17, 15) is 8.42 Å². The van der Waals surface area contributed by atoms with Crippen LogP contribution in [-0.2, 0) is 9.84 Å². The molecule has 88 valence electrons. The quantitative estimate of drug-likeness (QED) is 0.787. The van der Waals surface area contributed by atoms with Gasteiger partial charge in [-0.3, -0.25) is 0 Å². The first kappa shape index (κ1) is 12.1. The molecule has 1 aromatic rings. The van der Waals surface area contributed by atoms with Crippen molar-refractivity contribution in [1.29, 1.82) is 0 Å². The molecule has 0 aromatic heterocycles. The Morgan fingerprint density at radius 1 is 1.44 bits per heavy atom. The SMILES string of the molecule is CCC(Br)C1CCS(=O)(=O)c2ccccc21. The van der Waals surface area contributed by atoms with Gasteiger partial charge in [0.15, 0.2) is 9.84 Å². The summed E-state index contributed by atoms with van der Waals surface area (Å²) in [6, 6.07) is 7.39. The highest BCUT2D eigenvalue weighted by molar-refractivity contribution is 9.09. The van der Waals surface area contributed by atoms with Crippen molar-refractivity contribution >= 4 is 25.8 Å². The summed E-state index contributed by atoms with van der Waals surface area (Å²) in [5, 5.41) is 0. The van der Waals surface area contributed by atoms with E-state index in [-0.39, 0.29) is 5.75 Å². The molecule has 16 heavy (non-hydrogen) atoms. The van der Waals surface area contributed by atoms with E-state index in [1.807, 2.05) is 12.1 Å². The zero-order valence-electron chi connectivity index (χ0n) is 9.19. The molecule has 2 rings (SSSR count). The minimum atomic E-state index is -3.04. The fourth-order valence-electron chi connectivity index (χ4n) is 2.28. The van der Waals surface area contributed by atoms with Crippen molar-refractivity contribution in [3.63, 3.8) is 0 Å². The minimum absolute atomic E-state index is 0.275.